The quantitative estimate of drug-likeness (QED) is 0.729. The summed E-state index contributed by atoms with van der Waals surface area (Å²) in [7, 11) is 1.84. The molecule has 0 spiro atoms. The second-order valence-electron chi connectivity index (χ2n) is 6.22. The molecule has 6 heteroatoms. The van der Waals surface area contributed by atoms with Gasteiger partial charge in [-0.25, -0.2) is 4.79 Å². The van der Waals surface area contributed by atoms with E-state index in [4.69, 9.17) is 0 Å². The van der Waals surface area contributed by atoms with Crippen molar-refractivity contribution >= 4 is 6.03 Å². The number of nitrogens with one attached hydrogen (secondary N) is 2. The standard InChI is InChI=1S/C18H26N4O2/c1-13(23)9-16(15-7-5-4-6-8-15)10-19-18(24)21-14(2)17-11-20-22(3)12-17/h4-8,11-14,16,23H,9-10H2,1-3H3,(H2,19,21,24). The third-order valence-electron chi connectivity index (χ3n) is 3.98. The largest absolute Gasteiger partial charge is 0.393 e. The Balaban J connectivity index is 1.90. The van der Waals surface area contributed by atoms with Crippen LogP contribution in [0.2, 0.25) is 0 Å². The minimum atomic E-state index is -0.422. The highest BCUT2D eigenvalue weighted by Crippen LogP contribution is 2.20. The lowest BCUT2D eigenvalue weighted by molar-refractivity contribution is 0.173. The van der Waals surface area contributed by atoms with E-state index >= 15 is 0 Å². The first-order valence-corrected chi connectivity index (χ1v) is 8.21. The first-order valence-electron chi connectivity index (χ1n) is 8.21. The number of hydrogen-bond donors (Lipinski definition) is 3. The monoisotopic (exact) mass is 330 g/mol. The molecule has 0 aliphatic rings. The smallest absolute Gasteiger partial charge is 0.315 e. The second-order valence-corrected chi connectivity index (χ2v) is 6.22. The van der Waals surface area contributed by atoms with E-state index in [1.807, 2.05) is 50.5 Å². The molecule has 130 valence electrons. The molecule has 3 atom stereocenters. The number of aliphatic hydroxyl groups excluding tert-OH is 1. The van der Waals surface area contributed by atoms with E-state index in [0.29, 0.717) is 13.0 Å². The summed E-state index contributed by atoms with van der Waals surface area (Å²) >= 11 is 0. The molecule has 2 rings (SSSR count). The zero-order valence-electron chi connectivity index (χ0n) is 14.4. The van der Waals surface area contributed by atoms with E-state index in [1.54, 1.807) is 17.8 Å². The Kier molecular flexibility index (Phi) is 6.37. The maximum atomic E-state index is 12.1. The summed E-state index contributed by atoms with van der Waals surface area (Å²) in [4.78, 5) is 12.1. The minimum absolute atomic E-state index is 0.0747. The molecule has 0 saturated carbocycles. The van der Waals surface area contributed by atoms with Gasteiger partial charge < -0.3 is 15.7 Å². The minimum Gasteiger partial charge on any atom is -0.393 e. The Labute approximate surface area is 142 Å². The molecule has 3 N–H and O–H groups in total. The first kappa shape index (κ1) is 18.0. The number of rotatable bonds is 7. The molecule has 24 heavy (non-hydrogen) atoms. The number of aliphatic hydroxyl groups is 1. The molecule has 2 amide bonds. The second kappa shape index (κ2) is 8.49. The van der Waals surface area contributed by atoms with Crippen LogP contribution in [0.1, 0.15) is 43.4 Å². The Bertz CT molecular complexity index is 639. The van der Waals surface area contributed by atoms with Gasteiger partial charge in [0.1, 0.15) is 0 Å². The number of hydrogen-bond acceptors (Lipinski definition) is 3. The zero-order valence-corrected chi connectivity index (χ0v) is 14.4. The van der Waals surface area contributed by atoms with Gasteiger partial charge in [0.15, 0.2) is 0 Å². The number of urea groups is 1. The Morgan fingerprint density at radius 3 is 2.54 bits per heavy atom. The third-order valence-corrected chi connectivity index (χ3v) is 3.98. The summed E-state index contributed by atoms with van der Waals surface area (Å²) in [5.41, 5.74) is 2.07. The Hall–Kier alpha value is -2.34. The average molecular weight is 330 g/mol. The highest BCUT2D eigenvalue weighted by molar-refractivity contribution is 5.74. The van der Waals surface area contributed by atoms with Gasteiger partial charge in [0.05, 0.1) is 18.3 Å². The summed E-state index contributed by atoms with van der Waals surface area (Å²) in [6, 6.07) is 9.58. The molecule has 0 aliphatic carbocycles. The van der Waals surface area contributed by atoms with Gasteiger partial charge in [0.2, 0.25) is 0 Å². The van der Waals surface area contributed by atoms with Gasteiger partial charge >= 0.3 is 6.03 Å². The lowest BCUT2D eigenvalue weighted by Gasteiger charge is -2.20. The first-order chi connectivity index (χ1) is 11.5. The van der Waals surface area contributed by atoms with Crippen LogP contribution in [0.15, 0.2) is 42.7 Å². The van der Waals surface area contributed by atoms with Gasteiger partial charge in [-0.15, -0.1) is 0 Å². The molecule has 6 nitrogen and oxygen atoms in total. The summed E-state index contributed by atoms with van der Waals surface area (Å²) in [5.74, 6) is 0.0747. The number of aryl methyl sites for hydroxylation is 1. The lowest BCUT2D eigenvalue weighted by atomic mass is 9.93. The van der Waals surface area contributed by atoms with Crippen molar-refractivity contribution in [1.29, 1.82) is 0 Å². The van der Waals surface area contributed by atoms with Crippen LogP contribution in [0.3, 0.4) is 0 Å². The molecule has 1 aromatic carbocycles. The molecule has 1 heterocycles. The van der Waals surface area contributed by atoms with Crippen LogP contribution in [0.5, 0.6) is 0 Å². The van der Waals surface area contributed by atoms with Crippen molar-refractivity contribution in [3.05, 3.63) is 53.9 Å². The van der Waals surface area contributed by atoms with E-state index in [-0.39, 0.29) is 18.0 Å². The van der Waals surface area contributed by atoms with Gasteiger partial charge in [-0.2, -0.15) is 5.10 Å². The maximum absolute atomic E-state index is 12.1. The molecule has 0 radical (unpaired) electrons. The van der Waals surface area contributed by atoms with Crippen molar-refractivity contribution < 1.29 is 9.90 Å². The van der Waals surface area contributed by atoms with Crippen LogP contribution in [-0.2, 0) is 7.05 Å². The SMILES string of the molecule is CC(O)CC(CNC(=O)NC(C)c1cnn(C)c1)c1ccccc1. The van der Waals surface area contributed by atoms with Crippen LogP contribution in [0, 0.1) is 0 Å². The van der Waals surface area contributed by atoms with Gasteiger partial charge in [-0.1, -0.05) is 30.3 Å². The highest BCUT2D eigenvalue weighted by Gasteiger charge is 2.16. The normalized spacial score (nSPS) is 14.7. The molecule has 0 bridgehead atoms. The third kappa shape index (κ3) is 5.38. The van der Waals surface area contributed by atoms with E-state index in [0.717, 1.165) is 11.1 Å². The fourth-order valence-corrected chi connectivity index (χ4v) is 2.68. The summed E-state index contributed by atoms with van der Waals surface area (Å²) in [6.45, 7) is 4.15. The Morgan fingerprint density at radius 2 is 1.96 bits per heavy atom. The topological polar surface area (TPSA) is 79.2 Å². The van der Waals surface area contributed by atoms with Gasteiger partial charge in [-0.05, 0) is 25.8 Å². The van der Waals surface area contributed by atoms with Crippen LogP contribution in [-0.4, -0.2) is 33.6 Å². The predicted octanol–water partition coefficient (Wildman–Crippen LogP) is 2.33. The van der Waals surface area contributed by atoms with Crippen LogP contribution in [0.4, 0.5) is 4.79 Å². The van der Waals surface area contributed by atoms with Gasteiger partial charge in [-0.3, -0.25) is 4.68 Å². The zero-order chi connectivity index (χ0) is 17.5. The average Bonchev–Trinajstić information content (AvgIpc) is 2.98. The number of aromatic nitrogens is 2. The fourth-order valence-electron chi connectivity index (χ4n) is 2.68. The van der Waals surface area contributed by atoms with Crippen molar-refractivity contribution in [2.75, 3.05) is 6.54 Å². The van der Waals surface area contributed by atoms with E-state index in [1.165, 1.54) is 0 Å². The highest BCUT2D eigenvalue weighted by atomic mass is 16.3. The van der Waals surface area contributed by atoms with Crippen LogP contribution in [0.25, 0.3) is 0 Å². The predicted molar refractivity (Wildman–Crippen MR) is 93.6 cm³/mol. The lowest BCUT2D eigenvalue weighted by Crippen LogP contribution is -2.39. The molecule has 0 aliphatic heterocycles. The summed E-state index contributed by atoms with van der Waals surface area (Å²) in [6.07, 6.45) is 3.80. The van der Waals surface area contributed by atoms with Gasteiger partial charge in [0.25, 0.3) is 0 Å². The molecule has 0 saturated heterocycles. The van der Waals surface area contributed by atoms with Crippen molar-refractivity contribution in [3.63, 3.8) is 0 Å². The maximum Gasteiger partial charge on any atom is 0.315 e. The fraction of sp³-hybridized carbons (Fsp3) is 0.444. The molecule has 2 aromatic rings. The van der Waals surface area contributed by atoms with E-state index in [2.05, 4.69) is 15.7 Å². The van der Waals surface area contributed by atoms with Crippen molar-refractivity contribution in [3.8, 4) is 0 Å². The van der Waals surface area contributed by atoms with E-state index in [9.17, 15) is 9.90 Å². The summed E-state index contributed by atoms with van der Waals surface area (Å²) in [5, 5.41) is 19.6. The number of amides is 2. The molecule has 3 unspecified atom stereocenters. The van der Waals surface area contributed by atoms with Crippen molar-refractivity contribution in [2.45, 2.75) is 38.3 Å². The molecule has 0 fully saturated rings. The molecule has 1 aromatic heterocycles. The number of benzene rings is 1. The Morgan fingerprint density at radius 1 is 1.25 bits per heavy atom. The van der Waals surface area contributed by atoms with Crippen molar-refractivity contribution in [2.24, 2.45) is 7.05 Å². The molecular formula is C18H26N4O2. The number of carbonyl (C=O) groups excluding carboxylic acids is 1. The van der Waals surface area contributed by atoms with Crippen molar-refractivity contribution in [1.82, 2.24) is 20.4 Å². The van der Waals surface area contributed by atoms with Crippen LogP contribution < -0.4 is 10.6 Å². The van der Waals surface area contributed by atoms with Gasteiger partial charge in [0, 0.05) is 31.3 Å². The van der Waals surface area contributed by atoms with Crippen LogP contribution >= 0.6 is 0 Å². The number of nitrogens with zero attached hydrogens (tertiary/aromatic N) is 2. The van der Waals surface area contributed by atoms with E-state index < -0.39 is 6.10 Å². The molecular weight excluding hydrogens is 304 g/mol. The summed E-state index contributed by atoms with van der Waals surface area (Å²) < 4.78 is 1.71. The number of carbonyl (C=O) groups is 1.